The number of nitrogens with zero attached hydrogens (tertiary/aromatic N) is 2. The van der Waals surface area contributed by atoms with Crippen molar-refractivity contribution in [1.29, 1.82) is 0 Å². The molecule has 0 atom stereocenters. The van der Waals surface area contributed by atoms with Crippen LogP contribution in [0.2, 0.25) is 0 Å². The van der Waals surface area contributed by atoms with E-state index >= 15 is 0 Å². The van der Waals surface area contributed by atoms with Crippen LogP contribution in [0, 0.1) is 19.8 Å². The molecule has 4 aromatic rings. The molecule has 0 unspecified atom stereocenters. The molecular weight excluding hydrogens is 336 g/mol. The Hall–Kier alpha value is -2.88. The van der Waals surface area contributed by atoms with E-state index in [9.17, 15) is 4.79 Å². The summed E-state index contributed by atoms with van der Waals surface area (Å²) in [5, 5.41) is 4.84. The van der Waals surface area contributed by atoms with E-state index in [0.29, 0.717) is 5.75 Å². The lowest BCUT2D eigenvalue weighted by Gasteiger charge is -2.12. The molecule has 1 aliphatic carbocycles. The zero-order valence-electron chi connectivity index (χ0n) is 15.9. The number of ether oxygens (including phenoxy) is 1. The Morgan fingerprint density at radius 3 is 2.70 bits per heavy atom. The summed E-state index contributed by atoms with van der Waals surface area (Å²) < 4.78 is 7.85. The molecule has 136 valence electrons. The first-order chi connectivity index (χ1) is 13.0. The standard InChI is InChI=1S/C23H22N2O2/c1-13-20-11-24-9-8-18(20)14(2)23-22(13)19-10-17(27-15(3)26)6-7-21(19)25(23)12-16-4-5-16/h6-11,16H,4-5,12H2,1-3H3. The fourth-order valence-corrected chi connectivity index (χ4v) is 4.36. The number of pyridine rings is 1. The molecular formula is C23H22N2O2. The van der Waals surface area contributed by atoms with Crippen LogP contribution < -0.4 is 4.74 Å². The SMILES string of the molecule is CC(=O)Oc1ccc2c(c1)c1c(C)c3cnccc3c(C)c1n2CC1CC1. The van der Waals surface area contributed by atoms with Crippen LogP contribution in [0.3, 0.4) is 0 Å². The van der Waals surface area contributed by atoms with Crippen LogP contribution in [0.1, 0.15) is 30.9 Å². The van der Waals surface area contributed by atoms with E-state index in [1.165, 1.54) is 58.1 Å². The van der Waals surface area contributed by atoms with Gasteiger partial charge in [0.2, 0.25) is 0 Å². The van der Waals surface area contributed by atoms with E-state index in [1.807, 2.05) is 24.5 Å². The number of aromatic nitrogens is 2. The van der Waals surface area contributed by atoms with Gasteiger partial charge in [0.05, 0.1) is 5.52 Å². The Morgan fingerprint density at radius 1 is 1.15 bits per heavy atom. The number of aryl methyl sites for hydroxylation is 2. The fraction of sp³-hybridized carbons (Fsp3) is 0.304. The van der Waals surface area contributed by atoms with Crippen LogP contribution in [0.25, 0.3) is 32.6 Å². The number of rotatable bonds is 3. The van der Waals surface area contributed by atoms with Crippen LogP contribution in [0.5, 0.6) is 5.75 Å². The predicted octanol–water partition coefficient (Wildman–Crippen LogP) is 5.29. The summed E-state index contributed by atoms with van der Waals surface area (Å²) in [5.41, 5.74) is 5.03. The first-order valence-corrected chi connectivity index (χ1v) is 9.52. The van der Waals surface area contributed by atoms with Crippen LogP contribution in [0.4, 0.5) is 0 Å². The highest BCUT2D eigenvalue weighted by atomic mass is 16.5. The maximum absolute atomic E-state index is 11.4. The van der Waals surface area contributed by atoms with Crippen molar-refractivity contribution in [3.8, 4) is 5.75 Å². The molecule has 0 spiro atoms. The summed E-state index contributed by atoms with van der Waals surface area (Å²) in [5.74, 6) is 1.08. The number of esters is 1. The van der Waals surface area contributed by atoms with Gasteiger partial charge in [-0.1, -0.05) is 0 Å². The fourth-order valence-electron chi connectivity index (χ4n) is 4.36. The van der Waals surface area contributed by atoms with Gasteiger partial charge in [0, 0.05) is 47.5 Å². The zero-order chi connectivity index (χ0) is 18.7. The third-order valence-corrected chi connectivity index (χ3v) is 5.79. The summed E-state index contributed by atoms with van der Waals surface area (Å²) >= 11 is 0. The molecule has 4 heteroatoms. The van der Waals surface area contributed by atoms with Crippen molar-refractivity contribution in [3.05, 3.63) is 47.8 Å². The maximum atomic E-state index is 11.4. The van der Waals surface area contributed by atoms with Gasteiger partial charge in [0.25, 0.3) is 0 Å². The zero-order valence-corrected chi connectivity index (χ0v) is 15.9. The second-order valence-corrected chi connectivity index (χ2v) is 7.72. The minimum absolute atomic E-state index is 0.293. The van der Waals surface area contributed by atoms with E-state index in [1.54, 1.807) is 0 Å². The number of carbonyl (C=O) groups is 1. The average molecular weight is 358 g/mol. The molecule has 1 aliphatic rings. The Kier molecular flexibility index (Phi) is 3.51. The first-order valence-electron chi connectivity index (χ1n) is 9.52. The van der Waals surface area contributed by atoms with E-state index in [0.717, 1.165) is 17.8 Å². The number of hydrogen-bond donors (Lipinski definition) is 0. The number of benzene rings is 2. The summed E-state index contributed by atoms with van der Waals surface area (Å²) in [6.07, 6.45) is 6.44. The predicted molar refractivity (Wildman–Crippen MR) is 108 cm³/mol. The summed E-state index contributed by atoms with van der Waals surface area (Å²) in [4.78, 5) is 15.8. The Morgan fingerprint density at radius 2 is 1.96 bits per heavy atom. The minimum atomic E-state index is -0.293. The lowest BCUT2D eigenvalue weighted by atomic mass is 9.97. The molecule has 27 heavy (non-hydrogen) atoms. The van der Waals surface area contributed by atoms with Gasteiger partial charge in [0.15, 0.2) is 0 Å². The van der Waals surface area contributed by atoms with Crippen molar-refractivity contribution in [2.75, 3.05) is 0 Å². The van der Waals surface area contributed by atoms with E-state index in [2.05, 4.69) is 35.5 Å². The second kappa shape index (κ2) is 5.81. The molecule has 0 saturated heterocycles. The van der Waals surface area contributed by atoms with Crippen molar-refractivity contribution < 1.29 is 9.53 Å². The van der Waals surface area contributed by atoms with Gasteiger partial charge >= 0.3 is 5.97 Å². The Balaban J connectivity index is 1.93. The summed E-state index contributed by atoms with van der Waals surface area (Å²) in [6.45, 7) is 6.86. The van der Waals surface area contributed by atoms with Gasteiger partial charge in [-0.05, 0) is 73.4 Å². The molecule has 0 radical (unpaired) electrons. The largest absolute Gasteiger partial charge is 0.427 e. The van der Waals surface area contributed by atoms with Crippen LogP contribution >= 0.6 is 0 Å². The Labute approximate surface area is 157 Å². The molecule has 4 nitrogen and oxygen atoms in total. The molecule has 2 heterocycles. The van der Waals surface area contributed by atoms with Gasteiger partial charge in [-0.2, -0.15) is 0 Å². The number of carbonyl (C=O) groups excluding carboxylic acids is 1. The molecule has 0 aliphatic heterocycles. The van der Waals surface area contributed by atoms with Gasteiger partial charge in [-0.15, -0.1) is 0 Å². The van der Waals surface area contributed by atoms with Gasteiger partial charge < -0.3 is 9.30 Å². The lowest BCUT2D eigenvalue weighted by Crippen LogP contribution is -2.02. The maximum Gasteiger partial charge on any atom is 0.308 e. The third kappa shape index (κ3) is 2.51. The molecule has 1 saturated carbocycles. The molecule has 2 aromatic heterocycles. The summed E-state index contributed by atoms with van der Waals surface area (Å²) in [7, 11) is 0. The molecule has 5 rings (SSSR count). The third-order valence-electron chi connectivity index (χ3n) is 5.79. The lowest BCUT2D eigenvalue weighted by molar-refractivity contribution is -0.131. The highest BCUT2D eigenvalue weighted by Crippen LogP contribution is 2.42. The quantitative estimate of drug-likeness (QED) is 0.369. The van der Waals surface area contributed by atoms with Crippen molar-refractivity contribution in [2.45, 2.75) is 40.2 Å². The van der Waals surface area contributed by atoms with Crippen LogP contribution in [0.15, 0.2) is 36.7 Å². The first kappa shape index (κ1) is 16.3. The van der Waals surface area contributed by atoms with Crippen molar-refractivity contribution >= 4 is 38.5 Å². The van der Waals surface area contributed by atoms with Crippen LogP contribution in [-0.4, -0.2) is 15.5 Å². The van der Waals surface area contributed by atoms with Crippen molar-refractivity contribution in [1.82, 2.24) is 9.55 Å². The van der Waals surface area contributed by atoms with Gasteiger partial charge in [-0.3, -0.25) is 9.78 Å². The average Bonchev–Trinajstić information content (AvgIpc) is 3.41. The molecule has 0 bridgehead atoms. The van der Waals surface area contributed by atoms with Crippen LogP contribution in [-0.2, 0) is 11.3 Å². The van der Waals surface area contributed by atoms with E-state index < -0.39 is 0 Å². The number of fused-ring (bicyclic) bond motifs is 4. The summed E-state index contributed by atoms with van der Waals surface area (Å²) in [6, 6.07) is 8.12. The second-order valence-electron chi connectivity index (χ2n) is 7.72. The normalized spacial score (nSPS) is 14.3. The van der Waals surface area contributed by atoms with E-state index in [-0.39, 0.29) is 5.97 Å². The minimum Gasteiger partial charge on any atom is -0.427 e. The molecule has 1 fully saturated rings. The van der Waals surface area contributed by atoms with Crippen molar-refractivity contribution in [3.63, 3.8) is 0 Å². The van der Waals surface area contributed by atoms with Gasteiger partial charge in [-0.25, -0.2) is 0 Å². The topological polar surface area (TPSA) is 44.1 Å². The smallest absolute Gasteiger partial charge is 0.308 e. The number of hydrogen-bond acceptors (Lipinski definition) is 3. The van der Waals surface area contributed by atoms with Crippen molar-refractivity contribution in [2.24, 2.45) is 5.92 Å². The molecule has 0 amide bonds. The molecule has 2 aromatic carbocycles. The van der Waals surface area contributed by atoms with E-state index in [4.69, 9.17) is 4.74 Å². The monoisotopic (exact) mass is 358 g/mol. The molecule has 0 N–H and O–H groups in total. The Bertz CT molecular complexity index is 1230. The van der Waals surface area contributed by atoms with Gasteiger partial charge in [0.1, 0.15) is 5.75 Å². The highest BCUT2D eigenvalue weighted by Gasteiger charge is 2.25. The highest BCUT2D eigenvalue weighted by molar-refractivity contribution is 6.17.